The van der Waals surface area contributed by atoms with Gasteiger partial charge in [0.05, 0.1) is 5.69 Å². The molecular weight excluding hydrogens is 414 g/mol. The first-order valence-electron chi connectivity index (χ1n) is 9.69. The van der Waals surface area contributed by atoms with Crippen LogP contribution in [0.3, 0.4) is 0 Å². The van der Waals surface area contributed by atoms with Crippen LogP contribution in [-0.2, 0) is 9.59 Å². The summed E-state index contributed by atoms with van der Waals surface area (Å²) >= 11 is 6.00. The highest BCUT2D eigenvalue weighted by Crippen LogP contribution is 2.26. The zero-order chi connectivity index (χ0) is 22.3. The van der Waals surface area contributed by atoms with Crippen molar-refractivity contribution in [3.8, 4) is 5.69 Å². The molecule has 156 valence electrons. The third-order valence-electron chi connectivity index (χ3n) is 5.22. The monoisotopic (exact) mass is 433 g/mol. The molecule has 1 aliphatic heterocycles. The van der Waals surface area contributed by atoms with E-state index in [4.69, 9.17) is 11.6 Å². The number of rotatable bonds is 3. The van der Waals surface area contributed by atoms with Gasteiger partial charge in [-0.05, 0) is 80.4 Å². The molecule has 31 heavy (non-hydrogen) atoms. The molecule has 2 aromatic carbocycles. The molecule has 0 unspecified atom stereocenters. The maximum Gasteiger partial charge on any atom is 0.335 e. The van der Waals surface area contributed by atoms with Crippen molar-refractivity contribution in [3.63, 3.8) is 0 Å². The maximum absolute atomic E-state index is 13.1. The Balaban J connectivity index is 1.76. The summed E-state index contributed by atoms with van der Waals surface area (Å²) in [6.45, 7) is 5.71. The molecule has 1 N–H and O–H groups in total. The van der Waals surface area contributed by atoms with E-state index in [1.165, 1.54) is 6.08 Å². The van der Waals surface area contributed by atoms with Crippen molar-refractivity contribution < 1.29 is 14.4 Å². The summed E-state index contributed by atoms with van der Waals surface area (Å²) < 4.78 is 2.01. The Kier molecular flexibility index (Phi) is 5.25. The van der Waals surface area contributed by atoms with E-state index >= 15 is 0 Å². The average Bonchev–Trinajstić information content (AvgIpc) is 2.99. The van der Waals surface area contributed by atoms with Crippen molar-refractivity contribution >= 4 is 41.2 Å². The number of carbonyl (C=O) groups is 3. The SMILES string of the molecule is Cc1cccc(N2C(=O)NC(=O)/C(=C/c3cc(C)n(-c4ccc(Cl)cc4)c3C)C2=O)c1. The number of benzene rings is 2. The number of aryl methyl sites for hydroxylation is 2. The van der Waals surface area contributed by atoms with Gasteiger partial charge in [0, 0.05) is 22.1 Å². The Morgan fingerprint density at radius 2 is 1.61 bits per heavy atom. The van der Waals surface area contributed by atoms with Crippen LogP contribution in [-0.4, -0.2) is 22.4 Å². The van der Waals surface area contributed by atoms with Crippen molar-refractivity contribution in [2.75, 3.05) is 4.90 Å². The highest BCUT2D eigenvalue weighted by Gasteiger charge is 2.37. The topological polar surface area (TPSA) is 71.4 Å². The number of urea groups is 1. The summed E-state index contributed by atoms with van der Waals surface area (Å²) in [7, 11) is 0. The summed E-state index contributed by atoms with van der Waals surface area (Å²) in [5.74, 6) is -1.37. The molecule has 6 nitrogen and oxygen atoms in total. The average molecular weight is 434 g/mol. The molecule has 0 radical (unpaired) electrons. The fraction of sp³-hybridized carbons (Fsp3) is 0.125. The van der Waals surface area contributed by atoms with Crippen LogP contribution in [0.1, 0.15) is 22.5 Å². The van der Waals surface area contributed by atoms with E-state index in [-0.39, 0.29) is 5.57 Å². The van der Waals surface area contributed by atoms with E-state index in [1.807, 2.05) is 49.6 Å². The van der Waals surface area contributed by atoms with Crippen molar-refractivity contribution in [1.29, 1.82) is 0 Å². The molecule has 1 saturated heterocycles. The lowest BCUT2D eigenvalue weighted by molar-refractivity contribution is -0.122. The third kappa shape index (κ3) is 3.78. The Bertz CT molecular complexity index is 1260. The molecule has 0 saturated carbocycles. The number of hydrogen-bond acceptors (Lipinski definition) is 3. The zero-order valence-electron chi connectivity index (χ0n) is 17.3. The Morgan fingerprint density at radius 3 is 2.29 bits per heavy atom. The van der Waals surface area contributed by atoms with Crippen LogP contribution in [0.25, 0.3) is 11.8 Å². The number of amides is 4. The van der Waals surface area contributed by atoms with Crippen molar-refractivity contribution in [3.05, 3.63) is 87.7 Å². The summed E-state index contributed by atoms with van der Waals surface area (Å²) in [6, 6.07) is 15.5. The number of aromatic nitrogens is 1. The second kappa shape index (κ2) is 7.89. The summed E-state index contributed by atoms with van der Waals surface area (Å²) in [6.07, 6.45) is 1.53. The quantitative estimate of drug-likeness (QED) is 0.479. The number of nitrogens with one attached hydrogen (secondary N) is 1. The summed E-state index contributed by atoms with van der Waals surface area (Å²) in [5, 5.41) is 2.90. The molecule has 0 spiro atoms. The Labute approximate surface area is 184 Å². The van der Waals surface area contributed by atoms with Gasteiger partial charge in [0.1, 0.15) is 5.57 Å². The molecular formula is C24H20ClN3O3. The van der Waals surface area contributed by atoms with Gasteiger partial charge < -0.3 is 4.57 Å². The van der Waals surface area contributed by atoms with Gasteiger partial charge in [0.15, 0.2) is 0 Å². The molecule has 0 bridgehead atoms. The summed E-state index contributed by atoms with van der Waals surface area (Å²) in [4.78, 5) is 39.0. The van der Waals surface area contributed by atoms with E-state index in [0.717, 1.165) is 27.5 Å². The Hall–Kier alpha value is -3.64. The normalized spacial score (nSPS) is 15.5. The minimum atomic E-state index is -0.760. The molecule has 1 fully saturated rings. The molecule has 1 aromatic heterocycles. The largest absolute Gasteiger partial charge is 0.335 e. The minimum Gasteiger partial charge on any atom is -0.318 e. The standard InChI is InChI=1S/C24H20ClN3O3/c1-14-5-4-6-20(11-14)28-23(30)21(22(29)26-24(28)31)13-17-12-15(2)27(16(17)3)19-9-7-18(25)8-10-19/h4-13H,1-3H3,(H,26,29,31)/b21-13-. The highest BCUT2D eigenvalue weighted by atomic mass is 35.5. The lowest BCUT2D eigenvalue weighted by Crippen LogP contribution is -2.54. The fourth-order valence-corrected chi connectivity index (χ4v) is 3.86. The van der Waals surface area contributed by atoms with Gasteiger partial charge in [-0.15, -0.1) is 0 Å². The van der Waals surface area contributed by atoms with Gasteiger partial charge in [-0.25, -0.2) is 9.69 Å². The third-order valence-corrected chi connectivity index (χ3v) is 5.47. The number of nitrogens with zero attached hydrogens (tertiary/aromatic N) is 2. The van der Waals surface area contributed by atoms with E-state index in [0.29, 0.717) is 16.3 Å². The zero-order valence-corrected chi connectivity index (χ0v) is 18.0. The van der Waals surface area contributed by atoms with E-state index < -0.39 is 17.8 Å². The number of carbonyl (C=O) groups excluding carboxylic acids is 3. The second-order valence-corrected chi connectivity index (χ2v) is 7.87. The molecule has 4 rings (SSSR count). The smallest absolute Gasteiger partial charge is 0.318 e. The number of hydrogen-bond donors (Lipinski definition) is 1. The van der Waals surface area contributed by atoms with Crippen LogP contribution in [0, 0.1) is 20.8 Å². The fourth-order valence-electron chi connectivity index (χ4n) is 3.74. The van der Waals surface area contributed by atoms with Crippen LogP contribution in [0.2, 0.25) is 5.02 Å². The maximum atomic E-state index is 13.1. The van der Waals surface area contributed by atoms with Gasteiger partial charge in [0.25, 0.3) is 11.8 Å². The van der Waals surface area contributed by atoms with Crippen LogP contribution < -0.4 is 10.2 Å². The number of barbiturate groups is 1. The summed E-state index contributed by atoms with van der Waals surface area (Å²) in [5.41, 5.74) is 4.62. The van der Waals surface area contributed by atoms with Crippen LogP contribution in [0.5, 0.6) is 0 Å². The first-order valence-corrected chi connectivity index (χ1v) is 10.1. The predicted molar refractivity (Wildman–Crippen MR) is 120 cm³/mol. The van der Waals surface area contributed by atoms with E-state index in [2.05, 4.69) is 5.32 Å². The number of halogens is 1. The van der Waals surface area contributed by atoms with Gasteiger partial charge in [-0.1, -0.05) is 23.7 Å². The molecule has 2 heterocycles. The second-order valence-electron chi connectivity index (χ2n) is 7.44. The lowest BCUT2D eigenvalue weighted by Gasteiger charge is -2.26. The first kappa shape index (κ1) is 20.6. The molecule has 4 amide bonds. The van der Waals surface area contributed by atoms with Crippen LogP contribution in [0.4, 0.5) is 10.5 Å². The van der Waals surface area contributed by atoms with E-state index in [9.17, 15) is 14.4 Å². The first-order chi connectivity index (χ1) is 14.8. The minimum absolute atomic E-state index is 0.0996. The van der Waals surface area contributed by atoms with E-state index in [1.54, 1.807) is 30.3 Å². The lowest BCUT2D eigenvalue weighted by atomic mass is 10.1. The number of anilines is 1. The van der Waals surface area contributed by atoms with Crippen molar-refractivity contribution in [1.82, 2.24) is 9.88 Å². The van der Waals surface area contributed by atoms with Crippen molar-refractivity contribution in [2.45, 2.75) is 20.8 Å². The van der Waals surface area contributed by atoms with Crippen LogP contribution in [0.15, 0.2) is 60.2 Å². The van der Waals surface area contributed by atoms with Crippen molar-refractivity contribution in [2.24, 2.45) is 0 Å². The highest BCUT2D eigenvalue weighted by molar-refractivity contribution is 6.39. The van der Waals surface area contributed by atoms with Gasteiger partial charge in [0.2, 0.25) is 0 Å². The number of imide groups is 2. The molecule has 3 aromatic rings. The van der Waals surface area contributed by atoms with Crippen LogP contribution >= 0.6 is 11.6 Å². The molecule has 0 aliphatic carbocycles. The molecule has 0 atom stereocenters. The predicted octanol–water partition coefficient (Wildman–Crippen LogP) is 4.72. The Morgan fingerprint density at radius 1 is 0.903 bits per heavy atom. The molecule has 1 aliphatic rings. The molecule has 7 heteroatoms. The van der Waals surface area contributed by atoms with Gasteiger partial charge in [-0.2, -0.15) is 0 Å². The van der Waals surface area contributed by atoms with Gasteiger partial charge in [-0.3, -0.25) is 14.9 Å². The van der Waals surface area contributed by atoms with Gasteiger partial charge >= 0.3 is 6.03 Å².